The summed E-state index contributed by atoms with van der Waals surface area (Å²) in [6, 6.07) is 1.29. The van der Waals surface area contributed by atoms with Gasteiger partial charge in [-0.15, -0.1) is 0 Å². The normalized spacial score (nSPS) is 19.3. The molecule has 0 saturated carbocycles. The number of hydrogen-bond acceptors (Lipinski definition) is 1. The summed E-state index contributed by atoms with van der Waals surface area (Å²) in [5, 5.41) is 0. The number of likely N-dealkylation sites (tertiary alicyclic amines) is 1. The van der Waals surface area contributed by atoms with Gasteiger partial charge in [0.25, 0.3) is 0 Å². The second-order valence-corrected chi connectivity index (χ2v) is 10.1. The Morgan fingerprint density at radius 1 is 1.29 bits per heavy atom. The number of rotatable bonds is 5. The Bertz CT molecular complexity index is 202. The van der Waals surface area contributed by atoms with E-state index in [0.717, 1.165) is 0 Å². The van der Waals surface area contributed by atoms with Crippen molar-refractivity contribution in [2.45, 2.75) is 32.0 Å². The van der Waals surface area contributed by atoms with Crippen LogP contribution in [-0.4, -0.2) is 32.2 Å². The first-order valence-corrected chi connectivity index (χ1v) is 9.05. The van der Waals surface area contributed by atoms with E-state index in [9.17, 15) is 0 Å². The molecule has 0 spiro atoms. The molecule has 0 aromatic carbocycles. The van der Waals surface area contributed by atoms with Crippen LogP contribution in [0.5, 0.6) is 0 Å². The summed E-state index contributed by atoms with van der Waals surface area (Å²) in [7, 11) is -1.01. The average Bonchev–Trinajstić information content (AvgIpc) is 2.56. The van der Waals surface area contributed by atoms with E-state index in [1.807, 2.05) is 6.08 Å². The predicted octanol–water partition coefficient (Wildman–Crippen LogP) is 3.07. The van der Waals surface area contributed by atoms with Crippen LogP contribution in [0.2, 0.25) is 19.1 Å². The van der Waals surface area contributed by atoms with Gasteiger partial charge in [0.1, 0.15) is 0 Å². The minimum Gasteiger partial charge on any atom is -0.306 e. The molecule has 14 heavy (non-hydrogen) atoms. The third kappa shape index (κ3) is 4.25. The van der Waals surface area contributed by atoms with Crippen LogP contribution in [0.3, 0.4) is 0 Å². The van der Waals surface area contributed by atoms with E-state index in [0.29, 0.717) is 0 Å². The van der Waals surface area contributed by atoms with Gasteiger partial charge < -0.3 is 4.90 Å². The molecule has 0 aromatic rings. The van der Waals surface area contributed by atoms with Crippen molar-refractivity contribution in [1.29, 1.82) is 0 Å². The van der Waals surface area contributed by atoms with Crippen LogP contribution >= 0.6 is 0 Å². The molecule has 1 aliphatic rings. The highest BCUT2D eigenvalue weighted by atomic mass is 28.3. The molecule has 1 fully saturated rings. The summed E-state index contributed by atoms with van der Waals surface area (Å²) >= 11 is 0. The van der Waals surface area contributed by atoms with E-state index in [1.165, 1.54) is 38.1 Å². The fourth-order valence-electron chi connectivity index (χ4n) is 2.09. The molecule has 1 rings (SSSR count). The number of hydrogen-bond donors (Lipinski definition) is 0. The van der Waals surface area contributed by atoms with Gasteiger partial charge in [-0.1, -0.05) is 37.9 Å². The zero-order chi connectivity index (χ0) is 10.4. The van der Waals surface area contributed by atoms with E-state index in [4.69, 9.17) is 0 Å². The Labute approximate surface area is 89.5 Å². The molecule has 0 aliphatic carbocycles. The molecule has 0 amide bonds. The van der Waals surface area contributed by atoms with Gasteiger partial charge >= 0.3 is 0 Å². The highest BCUT2D eigenvalue weighted by molar-refractivity contribution is 6.78. The molecule has 0 N–H and O–H groups in total. The lowest BCUT2D eigenvalue weighted by molar-refractivity contribution is 0.389. The van der Waals surface area contributed by atoms with Crippen LogP contribution in [-0.2, 0) is 0 Å². The zero-order valence-corrected chi connectivity index (χ0v) is 10.6. The minimum absolute atomic E-state index is 1.01. The Morgan fingerprint density at radius 3 is 2.50 bits per heavy atom. The molecule has 2 heteroatoms. The summed E-state index contributed by atoms with van der Waals surface area (Å²) < 4.78 is 0. The number of nitrogens with zero attached hydrogens (tertiary/aromatic N) is 1. The molecule has 0 atom stereocenters. The van der Waals surface area contributed by atoms with Crippen molar-refractivity contribution in [3.63, 3.8) is 0 Å². The van der Waals surface area contributed by atoms with Gasteiger partial charge in [0.2, 0.25) is 0 Å². The van der Waals surface area contributed by atoms with Crippen LogP contribution in [0.1, 0.15) is 12.8 Å². The second-order valence-electron chi connectivity index (χ2n) is 5.02. The maximum Gasteiger partial charge on any atom is 0.0666 e. The van der Waals surface area contributed by atoms with Gasteiger partial charge in [-0.3, -0.25) is 0 Å². The average molecular weight is 209 g/mol. The lowest BCUT2D eigenvalue weighted by Crippen LogP contribution is -2.40. The minimum atomic E-state index is -1.01. The van der Waals surface area contributed by atoms with Crippen molar-refractivity contribution < 1.29 is 0 Å². The van der Waals surface area contributed by atoms with Gasteiger partial charge in [0, 0.05) is 0 Å². The highest BCUT2D eigenvalue weighted by Gasteiger charge is 2.24. The van der Waals surface area contributed by atoms with E-state index < -0.39 is 8.07 Å². The molecule has 1 heterocycles. The molecule has 0 radical (unpaired) electrons. The molecule has 0 aromatic heterocycles. The maximum absolute atomic E-state index is 3.70. The molecular formula is C12H23NSi. The highest BCUT2D eigenvalue weighted by Crippen LogP contribution is 2.16. The monoisotopic (exact) mass is 209 g/mol. The zero-order valence-electron chi connectivity index (χ0n) is 9.63. The van der Waals surface area contributed by atoms with Gasteiger partial charge in [-0.05, 0) is 38.1 Å². The van der Waals surface area contributed by atoms with E-state index in [1.54, 1.807) is 0 Å². The smallest absolute Gasteiger partial charge is 0.0666 e. The SMILES string of the molecule is C=C/C=C/C[Si](C)(C)CN1CCCC1. The second kappa shape index (κ2) is 5.52. The van der Waals surface area contributed by atoms with Gasteiger partial charge in [0.05, 0.1) is 8.07 Å². The van der Waals surface area contributed by atoms with Gasteiger partial charge in [-0.2, -0.15) is 0 Å². The van der Waals surface area contributed by atoms with Crippen molar-refractivity contribution in [3.8, 4) is 0 Å². The lowest BCUT2D eigenvalue weighted by atomic mass is 10.4. The van der Waals surface area contributed by atoms with Crippen LogP contribution in [0.4, 0.5) is 0 Å². The van der Waals surface area contributed by atoms with Gasteiger partial charge in [-0.25, -0.2) is 0 Å². The molecule has 1 saturated heterocycles. The van der Waals surface area contributed by atoms with Gasteiger partial charge in [0.15, 0.2) is 0 Å². The fraction of sp³-hybridized carbons (Fsp3) is 0.667. The van der Waals surface area contributed by atoms with Crippen LogP contribution < -0.4 is 0 Å². The first-order chi connectivity index (χ1) is 6.64. The standard InChI is InChI=1S/C12H23NSi/c1-4-5-8-11-14(2,3)12-13-9-6-7-10-13/h4-5,8H,1,6-7,9-12H2,2-3H3/b8-5+. The molecule has 0 bridgehead atoms. The Hall–Kier alpha value is -0.343. The lowest BCUT2D eigenvalue weighted by Gasteiger charge is -2.27. The Kier molecular flexibility index (Phi) is 4.62. The Balaban J connectivity index is 2.31. The third-order valence-corrected chi connectivity index (χ3v) is 5.44. The van der Waals surface area contributed by atoms with Crippen molar-refractivity contribution in [2.24, 2.45) is 0 Å². The molecule has 0 unspecified atom stereocenters. The summed E-state index contributed by atoms with van der Waals surface area (Å²) in [6.07, 6.45) is 10.4. The maximum atomic E-state index is 3.70. The Morgan fingerprint density at radius 2 is 1.93 bits per heavy atom. The van der Waals surface area contributed by atoms with Crippen molar-refractivity contribution in [1.82, 2.24) is 4.90 Å². The summed E-state index contributed by atoms with van der Waals surface area (Å²) in [4.78, 5) is 2.65. The largest absolute Gasteiger partial charge is 0.306 e. The topological polar surface area (TPSA) is 3.24 Å². The summed E-state index contributed by atoms with van der Waals surface area (Å²) in [5.41, 5.74) is 0. The molecular weight excluding hydrogens is 186 g/mol. The first kappa shape index (κ1) is 11.7. The molecule has 80 valence electrons. The summed E-state index contributed by atoms with van der Waals surface area (Å²) in [6.45, 7) is 11.3. The summed E-state index contributed by atoms with van der Waals surface area (Å²) in [5.74, 6) is 0. The van der Waals surface area contributed by atoms with E-state index >= 15 is 0 Å². The quantitative estimate of drug-likeness (QED) is 0.497. The number of allylic oxidation sites excluding steroid dienone is 3. The predicted molar refractivity (Wildman–Crippen MR) is 67.3 cm³/mol. The van der Waals surface area contributed by atoms with Crippen molar-refractivity contribution in [3.05, 3.63) is 24.8 Å². The van der Waals surface area contributed by atoms with Crippen molar-refractivity contribution in [2.75, 3.05) is 19.3 Å². The van der Waals surface area contributed by atoms with Crippen LogP contribution in [0.15, 0.2) is 24.8 Å². The van der Waals surface area contributed by atoms with Crippen molar-refractivity contribution >= 4 is 8.07 Å². The first-order valence-electron chi connectivity index (χ1n) is 5.64. The van der Waals surface area contributed by atoms with Crippen LogP contribution in [0.25, 0.3) is 0 Å². The fourth-order valence-corrected chi connectivity index (χ4v) is 4.52. The molecule has 1 nitrogen and oxygen atoms in total. The third-order valence-electron chi connectivity index (χ3n) is 2.79. The van der Waals surface area contributed by atoms with Crippen LogP contribution in [0, 0.1) is 0 Å². The van der Waals surface area contributed by atoms with E-state index in [-0.39, 0.29) is 0 Å². The molecule has 1 aliphatic heterocycles. The van der Waals surface area contributed by atoms with E-state index in [2.05, 4.69) is 36.7 Å².